The Morgan fingerprint density at radius 3 is 2.50 bits per heavy atom. The summed E-state index contributed by atoms with van der Waals surface area (Å²) in [5.41, 5.74) is 2.26. The van der Waals surface area contributed by atoms with E-state index in [1.54, 1.807) is 24.4 Å². The molecule has 1 aliphatic rings. The molecule has 1 saturated heterocycles. The molecule has 0 spiro atoms. The highest BCUT2D eigenvalue weighted by molar-refractivity contribution is 5.76. The molecule has 2 heterocycles. The van der Waals surface area contributed by atoms with Crippen LogP contribution < -0.4 is 10.7 Å². The number of nitro groups is 1. The molecule has 0 unspecified atom stereocenters. The molecule has 0 saturated carbocycles. The number of rotatable bonds is 3. The second-order valence-corrected chi connectivity index (χ2v) is 5.55. The number of nitrogens with two attached hydrogens (primary N) is 1. The number of hydrogen-bond donors (Lipinski definition) is 1. The maximum Gasteiger partial charge on any atom is 0.278 e. The lowest BCUT2D eigenvalue weighted by molar-refractivity contribution is -0.384. The van der Waals surface area contributed by atoms with Crippen LogP contribution in [0.3, 0.4) is 0 Å². The van der Waals surface area contributed by atoms with Crippen molar-refractivity contribution in [3.05, 3.63) is 46.6 Å². The smallest absolute Gasteiger partial charge is 0.278 e. The van der Waals surface area contributed by atoms with Gasteiger partial charge in [0.25, 0.3) is 5.69 Å². The zero-order valence-electron chi connectivity index (χ0n) is 12.5. The van der Waals surface area contributed by atoms with Crippen molar-refractivity contribution in [1.82, 2.24) is 9.58 Å². The molecule has 1 fully saturated rings. The van der Waals surface area contributed by atoms with Crippen LogP contribution in [-0.2, 0) is 0 Å². The lowest BCUT2D eigenvalue weighted by atomic mass is 10.1. The van der Waals surface area contributed by atoms with Gasteiger partial charge < -0.3 is 15.6 Å². The monoisotopic (exact) mass is 301 g/mol. The van der Waals surface area contributed by atoms with Gasteiger partial charge in [-0.25, -0.2) is 0 Å². The second kappa shape index (κ2) is 5.69. The summed E-state index contributed by atoms with van der Waals surface area (Å²) in [6.45, 7) is 3.80. The third-order valence-corrected chi connectivity index (χ3v) is 4.10. The van der Waals surface area contributed by atoms with Crippen LogP contribution in [0.25, 0.3) is 11.3 Å². The van der Waals surface area contributed by atoms with Gasteiger partial charge in [0.2, 0.25) is 0 Å². The third-order valence-electron chi connectivity index (χ3n) is 4.10. The predicted octanol–water partition coefficient (Wildman–Crippen LogP) is 1.53. The Labute approximate surface area is 128 Å². The molecular formula is C15H19N5O2. The molecule has 0 amide bonds. The quantitative estimate of drug-likeness (QED) is 0.528. The molecule has 116 valence electrons. The molecule has 2 aromatic rings. The van der Waals surface area contributed by atoms with E-state index in [9.17, 15) is 10.1 Å². The van der Waals surface area contributed by atoms with Crippen molar-refractivity contribution < 1.29 is 4.92 Å². The van der Waals surface area contributed by atoms with Crippen LogP contribution in [0.4, 0.5) is 11.4 Å². The van der Waals surface area contributed by atoms with Crippen molar-refractivity contribution in [2.24, 2.45) is 0 Å². The average molecular weight is 301 g/mol. The molecule has 7 nitrogen and oxygen atoms in total. The molecule has 0 radical (unpaired) electrons. The molecule has 0 aliphatic carbocycles. The van der Waals surface area contributed by atoms with Crippen LogP contribution in [0.1, 0.15) is 0 Å². The van der Waals surface area contributed by atoms with Gasteiger partial charge in [0, 0.05) is 44.1 Å². The van der Waals surface area contributed by atoms with E-state index in [-0.39, 0.29) is 10.6 Å². The minimum atomic E-state index is -0.365. The molecule has 1 aliphatic heterocycles. The summed E-state index contributed by atoms with van der Waals surface area (Å²) < 4.78 is 1.41. The van der Waals surface area contributed by atoms with Crippen molar-refractivity contribution in [3.63, 3.8) is 0 Å². The molecular weight excluding hydrogens is 282 g/mol. The SMILES string of the molecule is CN1CCN(c2ccc([N+](=O)[O-])c(-c3cccn3N)c2)CC1. The lowest BCUT2D eigenvalue weighted by Gasteiger charge is -2.34. The van der Waals surface area contributed by atoms with Crippen molar-refractivity contribution in [2.75, 3.05) is 44.0 Å². The maximum atomic E-state index is 11.3. The number of nitrogen functional groups attached to an aromatic ring is 1. The molecule has 1 aromatic carbocycles. The molecule has 7 heteroatoms. The van der Waals surface area contributed by atoms with Gasteiger partial charge in [-0.15, -0.1) is 0 Å². The Bertz CT molecular complexity index is 689. The summed E-state index contributed by atoms with van der Waals surface area (Å²) in [6.07, 6.45) is 1.68. The minimum Gasteiger partial charge on any atom is -0.369 e. The predicted molar refractivity (Wildman–Crippen MR) is 86.4 cm³/mol. The number of hydrogen-bond acceptors (Lipinski definition) is 5. The lowest BCUT2D eigenvalue weighted by Crippen LogP contribution is -2.44. The first-order valence-electron chi connectivity index (χ1n) is 7.21. The fourth-order valence-electron chi connectivity index (χ4n) is 2.77. The first kappa shape index (κ1) is 14.4. The fourth-order valence-corrected chi connectivity index (χ4v) is 2.77. The minimum absolute atomic E-state index is 0.0725. The van der Waals surface area contributed by atoms with Gasteiger partial charge in [0.1, 0.15) is 0 Å². The first-order valence-corrected chi connectivity index (χ1v) is 7.21. The van der Waals surface area contributed by atoms with Crippen molar-refractivity contribution in [3.8, 4) is 11.3 Å². The van der Waals surface area contributed by atoms with Gasteiger partial charge in [-0.2, -0.15) is 0 Å². The molecule has 0 atom stereocenters. The number of anilines is 1. The van der Waals surface area contributed by atoms with E-state index in [1.165, 1.54) is 4.68 Å². The van der Waals surface area contributed by atoms with Gasteiger partial charge in [-0.1, -0.05) is 0 Å². The van der Waals surface area contributed by atoms with Crippen LogP contribution in [0.5, 0.6) is 0 Å². The summed E-state index contributed by atoms with van der Waals surface area (Å²) in [4.78, 5) is 15.4. The molecule has 1 aromatic heterocycles. The zero-order valence-corrected chi connectivity index (χ0v) is 12.5. The average Bonchev–Trinajstić information content (AvgIpc) is 2.93. The summed E-state index contributed by atoms with van der Waals surface area (Å²) in [6, 6.07) is 8.81. The highest BCUT2D eigenvalue weighted by Gasteiger charge is 2.21. The zero-order chi connectivity index (χ0) is 15.7. The van der Waals surface area contributed by atoms with Crippen molar-refractivity contribution >= 4 is 11.4 Å². The number of nitrogens with zero attached hydrogens (tertiary/aromatic N) is 4. The summed E-state index contributed by atoms with van der Waals surface area (Å²) >= 11 is 0. The highest BCUT2D eigenvalue weighted by Crippen LogP contribution is 2.33. The Morgan fingerprint density at radius 1 is 1.18 bits per heavy atom. The molecule has 2 N–H and O–H groups in total. The van der Waals surface area contributed by atoms with Gasteiger partial charge in [-0.3, -0.25) is 14.8 Å². The van der Waals surface area contributed by atoms with Gasteiger partial charge >= 0.3 is 0 Å². The van der Waals surface area contributed by atoms with E-state index < -0.39 is 0 Å². The van der Waals surface area contributed by atoms with Gasteiger partial charge in [-0.05, 0) is 31.3 Å². The highest BCUT2D eigenvalue weighted by atomic mass is 16.6. The van der Waals surface area contributed by atoms with Crippen LogP contribution in [0.15, 0.2) is 36.5 Å². The maximum absolute atomic E-state index is 11.3. The summed E-state index contributed by atoms with van der Waals surface area (Å²) in [5.74, 6) is 5.86. The van der Waals surface area contributed by atoms with E-state index in [2.05, 4.69) is 16.8 Å². The fraction of sp³-hybridized carbons (Fsp3) is 0.333. The second-order valence-electron chi connectivity index (χ2n) is 5.55. The van der Waals surface area contributed by atoms with E-state index in [0.717, 1.165) is 31.9 Å². The van der Waals surface area contributed by atoms with Crippen LogP contribution in [0.2, 0.25) is 0 Å². The standard InChI is InChI=1S/C15H19N5O2/c1-17-7-9-18(10-8-17)12-4-5-15(20(21)22)13(11-12)14-3-2-6-19(14)16/h2-6,11H,7-10,16H2,1H3. The Hall–Kier alpha value is -2.54. The van der Waals surface area contributed by atoms with Crippen LogP contribution >= 0.6 is 0 Å². The molecule has 3 rings (SSSR count). The van der Waals surface area contributed by atoms with Crippen molar-refractivity contribution in [1.29, 1.82) is 0 Å². The van der Waals surface area contributed by atoms with E-state index >= 15 is 0 Å². The van der Waals surface area contributed by atoms with Gasteiger partial charge in [0.05, 0.1) is 16.2 Å². The third kappa shape index (κ3) is 2.62. The molecule has 0 bridgehead atoms. The van der Waals surface area contributed by atoms with E-state index in [1.807, 2.05) is 12.1 Å². The number of nitro benzene ring substituents is 1. The van der Waals surface area contributed by atoms with E-state index in [0.29, 0.717) is 11.3 Å². The van der Waals surface area contributed by atoms with Crippen molar-refractivity contribution in [2.45, 2.75) is 0 Å². The number of likely N-dealkylation sites (N-methyl/N-ethyl adjacent to an activating group) is 1. The largest absolute Gasteiger partial charge is 0.369 e. The number of aromatic nitrogens is 1. The normalized spacial score (nSPS) is 16.0. The van der Waals surface area contributed by atoms with E-state index in [4.69, 9.17) is 5.84 Å². The molecule has 22 heavy (non-hydrogen) atoms. The van der Waals surface area contributed by atoms with Gasteiger partial charge in [0.15, 0.2) is 0 Å². The Morgan fingerprint density at radius 2 is 1.91 bits per heavy atom. The number of piperazine rings is 1. The Balaban J connectivity index is 2.01. The first-order chi connectivity index (χ1) is 10.6. The number of benzene rings is 1. The Kier molecular flexibility index (Phi) is 3.72. The topological polar surface area (TPSA) is 80.6 Å². The summed E-state index contributed by atoms with van der Waals surface area (Å²) in [7, 11) is 2.10. The van der Waals surface area contributed by atoms with Crippen LogP contribution in [0, 0.1) is 10.1 Å². The van der Waals surface area contributed by atoms with Crippen LogP contribution in [-0.4, -0.2) is 47.7 Å². The summed E-state index contributed by atoms with van der Waals surface area (Å²) in [5, 5.41) is 11.3.